The van der Waals surface area contributed by atoms with Crippen LogP contribution in [0.5, 0.6) is 0 Å². The highest BCUT2D eigenvalue weighted by atomic mass is 16.5. The van der Waals surface area contributed by atoms with Gasteiger partial charge in [-0.3, -0.25) is 4.79 Å². The summed E-state index contributed by atoms with van der Waals surface area (Å²) in [6.45, 7) is 6.47. The molecule has 1 fully saturated rings. The number of carbonyl (C=O) groups is 1. The van der Waals surface area contributed by atoms with Crippen LogP contribution in [0.4, 0.5) is 0 Å². The molecule has 0 heterocycles. The number of hydrogen-bond acceptors (Lipinski definition) is 3. The zero-order valence-electron chi connectivity index (χ0n) is 11.3. The molecule has 0 amide bonds. The summed E-state index contributed by atoms with van der Waals surface area (Å²) in [7, 11) is 0. The second-order valence-electron chi connectivity index (χ2n) is 5.22. The van der Waals surface area contributed by atoms with E-state index in [0.29, 0.717) is 13.0 Å². The Labute approximate surface area is 105 Å². The van der Waals surface area contributed by atoms with Crippen LogP contribution in [0.15, 0.2) is 0 Å². The lowest BCUT2D eigenvalue weighted by Gasteiger charge is -2.26. The molecule has 0 atom stereocenters. The van der Waals surface area contributed by atoms with E-state index in [4.69, 9.17) is 4.74 Å². The topological polar surface area (TPSA) is 38.3 Å². The van der Waals surface area contributed by atoms with Gasteiger partial charge >= 0.3 is 5.97 Å². The molecule has 1 aliphatic rings. The van der Waals surface area contributed by atoms with Crippen molar-refractivity contribution < 1.29 is 9.53 Å². The van der Waals surface area contributed by atoms with Gasteiger partial charge < -0.3 is 10.1 Å². The van der Waals surface area contributed by atoms with Gasteiger partial charge in [0, 0.05) is 6.54 Å². The van der Waals surface area contributed by atoms with Gasteiger partial charge in [0.15, 0.2) is 0 Å². The number of rotatable bonds is 7. The van der Waals surface area contributed by atoms with E-state index in [2.05, 4.69) is 12.2 Å². The Balaban J connectivity index is 1.92. The minimum Gasteiger partial charge on any atom is -0.466 e. The summed E-state index contributed by atoms with van der Waals surface area (Å²) >= 11 is 0. The highest BCUT2D eigenvalue weighted by molar-refractivity contribution is 5.69. The van der Waals surface area contributed by atoms with Crippen molar-refractivity contribution in [1.82, 2.24) is 5.32 Å². The van der Waals surface area contributed by atoms with Gasteiger partial charge in [0.1, 0.15) is 0 Å². The first kappa shape index (κ1) is 14.5. The Hall–Kier alpha value is -0.570. The molecule has 17 heavy (non-hydrogen) atoms. The SMILES string of the molecule is CCOC(=O)CCNCCC1CCC(C)CC1. The van der Waals surface area contributed by atoms with E-state index >= 15 is 0 Å². The molecule has 0 aromatic heterocycles. The number of nitrogens with one attached hydrogen (secondary N) is 1. The van der Waals surface area contributed by atoms with Crippen LogP contribution >= 0.6 is 0 Å². The van der Waals surface area contributed by atoms with E-state index in [1.54, 1.807) is 0 Å². The predicted octanol–water partition coefficient (Wildman–Crippen LogP) is 2.75. The van der Waals surface area contributed by atoms with E-state index < -0.39 is 0 Å². The van der Waals surface area contributed by atoms with Crippen molar-refractivity contribution in [3.8, 4) is 0 Å². The smallest absolute Gasteiger partial charge is 0.307 e. The molecule has 0 aliphatic heterocycles. The van der Waals surface area contributed by atoms with Gasteiger partial charge in [-0.25, -0.2) is 0 Å². The summed E-state index contributed by atoms with van der Waals surface area (Å²) in [5.41, 5.74) is 0. The van der Waals surface area contributed by atoms with Crippen molar-refractivity contribution in [3.05, 3.63) is 0 Å². The fourth-order valence-corrected chi connectivity index (χ4v) is 2.47. The van der Waals surface area contributed by atoms with Crippen LogP contribution < -0.4 is 5.32 Å². The van der Waals surface area contributed by atoms with Gasteiger partial charge in [0.2, 0.25) is 0 Å². The quantitative estimate of drug-likeness (QED) is 0.550. The fourth-order valence-electron chi connectivity index (χ4n) is 2.47. The van der Waals surface area contributed by atoms with Crippen LogP contribution in [0.2, 0.25) is 0 Å². The first-order valence-corrected chi connectivity index (χ1v) is 7.08. The van der Waals surface area contributed by atoms with Gasteiger partial charge in [0.05, 0.1) is 13.0 Å². The number of hydrogen-bond donors (Lipinski definition) is 1. The van der Waals surface area contributed by atoms with Crippen molar-refractivity contribution in [1.29, 1.82) is 0 Å². The van der Waals surface area contributed by atoms with Crippen LogP contribution in [0.3, 0.4) is 0 Å². The van der Waals surface area contributed by atoms with Crippen LogP contribution in [0, 0.1) is 11.8 Å². The zero-order valence-corrected chi connectivity index (χ0v) is 11.3. The third-order valence-corrected chi connectivity index (χ3v) is 3.68. The number of ether oxygens (including phenoxy) is 1. The van der Waals surface area contributed by atoms with Crippen molar-refractivity contribution in [3.63, 3.8) is 0 Å². The molecular formula is C14H27NO2. The molecule has 0 saturated heterocycles. The lowest BCUT2D eigenvalue weighted by molar-refractivity contribution is -0.142. The Morgan fingerprint density at radius 2 is 1.94 bits per heavy atom. The maximum absolute atomic E-state index is 11.1. The van der Waals surface area contributed by atoms with Gasteiger partial charge in [-0.15, -0.1) is 0 Å². The molecule has 1 aliphatic carbocycles. The van der Waals surface area contributed by atoms with Crippen LogP contribution in [-0.2, 0) is 9.53 Å². The van der Waals surface area contributed by atoms with Gasteiger partial charge in [0.25, 0.3) is 0 Å². The largest absolute Gasteiger partial charge is 0.466 e. The molecule has 1 saturated carbocycles. The fraction of sp³-hybridized carbons (Fsp3) is 0.929. The lowest BCUT2D eigenvalue weighted by atomic mass is 9.81. The third kappa shape index (κ3) is 6.67. The predicted molar refractivity (Wildman–Crippen MR) is 69.9 cm³/mol. The first-order chi connectivity index (χ1) is 8.22. The molecule has 0 aromatic carbocycles. The van der Waals surface area contributed by atoms with Crippen molar-refractivity contribution in [2.45, 2.75) is 52.4 Å². The molecule has 100 valence electrons. The molecule has 0 aromatic rings. The Bertz CT molecular complexity index is 210. The highest BCUT2D eigenvalue weighted by Gasteiger charge is 2.17. The summed E-state index contributed by atoms with van der Waals surface area (Å²) < 4.78 is 4.87. The van der Waals surface area contributed by atoms with Gasteiger partial charge in [-0.2, -0.15) is 0 Å². The van der Waals surface area contributed by atoms with E-state index in [1.807, 2.05) is 6.92 Å². The minimum absolute atomic E-state index is 0.0912. The van der Waals surface area contributed by atoms with Crippen molar-refractivity contribution in [2.24, 2.45) is 11.8 Å². The summed E-state index contributed by atoms with van der Waals surface area (Å²) in [6, 6.07) is 0. The monoisotopic (exact) mass is 241 g/mol. The molecule has 1 rings (SSSR count). The van der Waals surface area contributed by atoms with Crippen molar-refractivity contribution in [2.75, 3.05) is 19.7 Å². The maximum Gasteiger partial charge on any atom is 0.307 e. The molecule has 3 nitrogen and oxygen atoms in total. The third-order valence-electron chi connectivity index (χ3n) is 3.68. The Morgan fingerprint density at radius 3 is 2.59 bits per heavy atom. The average Bonchev–Trinajstić information content (AvgIpc) is 2.31. The summed E-state index contributed by atoms with van der Waals surface area (Å²) in [5, 5.41) is 3.33. The molecule has 0 bridgehead atoms. The molecule has 3 heteroatoms. The zero-order chi connectivity index (χ0) is 12.5. The molecule has 1 N–H and O–H groups in total. The van der Waals surface area contributed by atoms with Gasteiger partial charge in [-0.05, 0) is 31.7 Å². The molecule has 0 spiro atoms. The van der Waals surface area contributed by atoms with E-state index in [1.165, 1.54) is 32.1 Å². The van der Waals surface area contributed by atoms with E-state index in [0.717, 1.165) is 24.9 Å². The standard InChI is InChI=1S/C14H27NO2/c1-3-17-14(16)9-11-15-10-8-13-6-4-12(2)5-7-13/h12-13,15H,3-11H2,1-2H3. The second kappa shape index (κ2) is 8.51. The molecule has 0 unspecified atom stereocenters. The second-order valence-corrected chi connectivity index (χ2v) is 5.22. The highest BCUT2D eigenvalue weighted by Crippen LogP contribution is 2.29. The minimum atomic E-state index is -0.0912. The maximum atomic E-state index is 11.1. The van der Waals surface area contributed by atoms with Crippen LogP contribution in [0.1, 0.15) is 52.4 Å². The molecule has 0 radical (unpaired) electrons. The summed E-state index contributed by atoms with van der Waals surface area (Å²) in [5.74, 6) is 1.75. The number of esters is 1. The Morgan fingerprint density at radius 1 is 1.24 bits per heavy atom. The lowest BCUT2D eigenvalue weighted by Crippen LogP contribution is -2.23. The average molecular weight is 241 g/mol. The normalized spacial score (nSPS) is 24.6. The van der Waals surface area contributed by atoms with Crippen molar-refractivity contribution >= 4 is 5.97 Å². The van der Waals surface area contributed by atoms with E-state index in [-0.39, 0.29) is 5.97 Å². The first-order valence-electron chi connectivity index (χ1n) is 7.08. The van der Waals surface area contributed by atoms with Gasteiger partial charge in [-0.1, -0.05) is 32.6 Å². The summed E-state index contributed by atoms with van der Waals surface area (Å²) in [4.78, 5) is 11.1. The summed E-state index contributed by atoms with van der Waals surface area (Å²) in [6.07, 6.45) is 7.33. The Kier molecular flexibility index (Phi) is 7.25. The van der Waals surface area contributed by atoms with Crippen LogP contribution in [-0.4, -0.2) is 25.7 Å². The molecular weight excluding hydrogens is 214 g/mol. The van der Waals surface area contributed by atoms with E-state index in [9.17, 15) is 4.79 Å². The van der Waals surface area contributed by atoms with Crippen LogP contribution in [0.25, 0.3) is 0 Å². The number of carbonyl (C=O) groups excluding carboxylic acids is 1.